The molecular weight excluding hydrogens is 302 g/mol. The van der Waals surface area contributed by atoms with Crippen molar-refractivity contribution in [1.29, 1.82) is 0 Å². The standard InChI is InChI=1S/C16H21NO6/c1-10-12(21-2)6-11(7-13(10)22-3)15(20)17-16(8-14(18)19)4-5-23-9-16/h6-7H,4-5,8-9H2,1-3H3,(H,17,20)(H,18,19). The molecule has 1 unspecified atom stereocenters. The lowest BCUT2D eigenvalue weighted by molar-refractivity contribution is -0.138. The van der Waals surface area contributed by atoms with Crippen LogP contribution in [-0.4, -0.2) is 50.0 Å². The topological polar surface area (TPSA) is 94.1 Å². The molecule has 7 heteroatoms. The molecule has 1 amide bonds. The zero-order valence-electron chi connectivity index (χ0n) is 13.5. The summed E-state index contributed by atoms with van der Waals surface area (Å²) in [5.74, 6) is -0.294. The van der Waals surface area contributed by atoms with E-state index in [2.05, 4.69) is 5.32 Å². The molecule has 23 heavy (non-hydrogen) atoms. The van der Waals surface area contributed by atoms with Crippen LogP contribution in [0.1, 0.15) is 28.8 Å². The molecule has 0 bridgehead atoms. The van der Waals surface area contributed by atoms with Gasteiger partial charge in [0, 0.05) is 17.7 Å². The zero-order chi connectivity index (χ0) is 17.0. The molecule has 0 aromatic heterocycles. The number of rotatable bonds is 6. The first-order valence-corrected chi connectivity index (χ1v) is 7.25. The first-order chi connectivity index (χ1) is 10.9. The maximum atomic E-state index is 12.6. The first kappa shape index (κ1) is 17.1. The van der Waals surface area contributed by atoms with Crippen LogP contribution in [0, 0.1) is 6.92 Å². The van der Waals surface area contributed by atoms with Gasteiger partial charge in [-0.2, -0.15) is 0 Å². The molecule has 2 rings (SSSR count). The predicted molar refractivity (Wildman–Crippen MR) is 82.2 cm³/mol. The summed E-state index contributed by atoms with van der Waals surface area (Å²) in [5, 5.41) is 11.9. The summed E-state index contributed by atoms with van der Waals surface area (Å²) in [6, 6.07) is 3.22. The van der Waals surface area contributed by atoms with Crippen molar-refractivity contribution < 1.29 is 28.9 Å². The van der Waals surface area contributed by atoms with Crippen molar-refractivity contribution in [3.8, 4) is 11.5 Å². The second-order valence-electron chi connectivity index (χ2n) is 5.61. The molecule has 126 valence electrons. The molecule has 1 atom stereocenters. The SMILES string of the molecule is COc1cc(C(=O)NC2(CC(=O)O)CCOC2)cc(OC)c1C. The summed E-state index contributed by atoms with van der Waals surface area (Å²) < 4.78 is 15.8. The van der Waals surface area contributed by atoms with Crippen molar-refractivity contribution in [1.82, 2.24) is 5.32 Å². The van der Waals surface area contributed by atoms with E-state index in [-0.39, 0.29) is 18.9 Å². The van der Waals surface area contributed by atoms with Crippen LogP contribution in [0.15, 0.2) is 12.1 Å². The average Bonchev–Trinajstić information content (AvgIpc) is 2.94. The molecule has 1 heterocycles. The van der Waals surface area contributed by atoms with Gasteiger partial charge >= 0.3 is 5.97 Å². The number of ether oxygens (including phenoxy) is 3. The largest absolute Gasteiger partial charge is 0.496 e. The Labute approximate surface area is 134 Å². The Morgan fingerprint density at radius 2 is 1.91 bits per heavy atom. The van der Waals surface area contributed by atoms with Crippen LogP contribution >= 0.6 is 0 Å². The molecule has 1 aliphatic heterocycles. The number of hydrogen-bond donors (Lipinski definition) is 2. The van der Waals surface area contributed by atoms with Crippen LogP contribution in [0.3, 0.4) is 0 Å². The van der Waals surface area contributed by atoms with Crippen LogP contribution in [0.25, 0.3) is 0 Å². The minimum absolute atomic E-state index is 0.182. The minimum atomic E-state index is -0.977. The lowest BCUT2D eigenvalue weighted by atomic mass is 9.93. The molecule has 1 fully saturated rings. The highest BCUT2D eigenvalue weighted by atomic mass is 16.5. The third kappa shape index (κ3) is 3.73. The fourth-order valence-electron chi connectivity index (χ4n) is 2.71. The fraction of sp³-hybridized carbons (Fsp3) is 0.500. The number of nitrogens with one attached hydrogen (secondary N) is 1. The van der Waals surface area contributed by atoms with Crippen molar-refractivity contribution in [3.05, 3.63) is 23.3 Å². The Morgan fingerprint density at radius 3 is 2.35 bits per heavy atom. The monoisotopic (exact) mass is 323 g/mol. The van der Waals surface area contributed by atoms with Crippen LogP contribution in [0.2, 0.25) is 0 Å². The maximum absolute atomic E-state index is 12.6. The Bertz CT molecular complexity index is 582. The Hall–Kier alpha value is -2.28. The maximum Gasteiger partial charge on any atom is 0.305 e. The van der Waals surface area contributed by atoms with E-state index >= 15 is 0 Å². The minimum Gasteiger partial charge on any atom is -0.496 e. The number of carboxylic acid groups (broad SMARTS) is 1. The van der Waals surface area contributed by atoms with E-state index in [4.69, 9.17) is 19.3 Å². The van der Waals surface area contributed by atoms with E-state index in [0.29, 0.717) is 30.1 Å². The molecule has 2 N–H and O–H groups in total. The zero-order valence-corrected chi connectivity index (χ0v) is 13.5. The van der Waals surface area contributed by atoms with Gasteiger partial charge in [0.15, 0.2) is 0 Å². The van der Waals surface area contributed by atoms with Crippen LogP contribution in [-0.2, 0) is 9.53 Å². The second-order valence-corrected chi connectivity index (χ2v) is 5.61. The van der Waals surface area contributed by atoms with Crippen molar-refractivity contribution in [2.45, 2.75) is 25.3 Å². The van der Waals surface area contributed by atoms with Gasteiger partial charge in [-0.05, 0) is 25.5 Å². The van der Waals surface area contributed by atoms with Crippen molar-refractivity contribution in [3.63, 3.8) is 0 Å². The predicted octanol–water partition coefficient (Wildman–Crippen LogP) is 1.38. The number of hydrogen-bond acceptors (Lipinski definition) is 5. The summed E-state index contributed by atoms with van der Waals surface area (Å²) in [6.45, 7) is 2.44. The van der Waals surface area contributed by atoms with Gasteiger partial charge in [0.25, 0.3) is 5.91 Å². The Morgan fingerprint density at radius 1 is 1.30 bits per heavy atom. The molecule has 1 aromatic carbocycles. The normalized spacial score (nSPS) is 20.1. The van der Waals surface area contributed by atoms with Crippen molar-refractivity contribution in [2.75, 3.05) is 27.4 Å². The number of carboxylic acids is 1. The van der Waals surface area contributed by atoms with Gasteiger partial charge < -0.3 is 24.6 Å². The first-order valence-electron chi connectivity index (χ1n) is 7.25. The molecule has 0 saturated carbocycles. The molecule has 0 spiro atoms. The van der Waals surface area contributed by atoms with Gasteiger partial charge in [0.1, 0.15) is 11.5 Å². The van der Waals surface area contributed by atoms with Gasteiger partial charge in [0.05, 0.1) is 32.8 Å². The molecule has 0 radical (unpaired) electrons. The quantitative estimate of drug-likeness (QED) is 0.821. The summed E-state index contributed by atoms with van der Waals surface area (Å²) in [6.07, 6.45) is 0.282. The number of carbonyl (C=O) groups is 2. The molecular formula is C16H21NO6. The summed E-state index contributed by atoms with van der Waals surface area (Å²) >= 11 is 0. The lowest BCUT2D eigenvalue weighted by Gasteiger charge is -2.27. The number of carbonyl (C=O) groups excluding carboxylic acids is 1. The molecule has 1 aromatic rings. The highest BCUT2D eigenvalue weighted by Gasteiger charge is 2.39. The van der Waals surface area contributed by atoms with E-state index in [1.54, 1.807) is 12.1 Å². The molecule has 0 aliphatic carbocycles. The third-order valence-electron chi connectivity index (χ3n) is 3.99. The fourth-order valence-corrected chi connectivity index (χ4v) is 2.71. The second kappa shape index (κ2) is 6.87. The molecule has 1 saturated heterocycles. The van der Waals surface area contributed by atoms with E-state index in [9.17, 15) is 9.59 Å². The van der Waals surface area contributed by atoms with Gasteiger partial charge in [-0.25, -0.2) is 0 Å². The van der Waals surface area contributed by atoms with Crippen molar-refractivity contribution >= 4 is 11.9 Å². The van der Waals surface area contributed by atoms with E-state index in [1.165, 1.54) is 14.2 Å². The van der Waals surface area contributed by atoms with Crippen molar-refractivity contribution in [2.24, 2.45) is 0 Å². The van der Waals surface area contributed by atoms with Gasteiger partial charge in [0.2, 0.25) is 0 Å². The third-order valence-corrected chi connectivity index (χ3v) is 3.99. The van der Waals surface area contributed by atoms with Gasteiger partial charge in [-0.3, -0.25) is 9.59 Å². The molecule has 1 aliphatic rings. The van der Waals surface area contributed by atoms with Crippen LogP contribution in [0.5, 0.6) is 11.5 Å². The molecule has 7 nitrogen and oxygen atoms in total. The van der Waals surface area contributed by atoms with E-state index in [0.717, 1.165) is 5.56 Å². The van der Waals surface area contributed by atoms with Crippen LogP contribution in [0.4, 0.5) is 0 Å². The number of amides is 1. The van der Waals surface area contributed by atoms with Crippen LogP contribution < -0.4 is 14.8 Å². The Kier molecular flexibility index (Phi) is 5.10. The summed E-state index contributed by atoms with van der Waals surface area (Å²) in [4.78, 5) is 23.6. The number of aliphatic carboxylic acids is 1. The highest BCUT2D eigenvalue weighted by Crippen LogP contribution is 2.30. The van der Waals surface area contributed by atoms with Gasteiger partial charge in [-0.1, -0.05) is 0 Å². The lowest BCUT2D eigenvalue weighted by Crippen LogP contribution is -2.50. The number of methoxy groups -OCH3 is 2. The highest BCUT2D eigenvalue weighted by molar-refractivity contribution is 5.96. The summed E-state index contributed by atoms with van der Waals surface area (Å²) in [5.41, 5.74) is 0.255. The summed E-state index contributed by atoms with van der Waals surface area (Å²) in [7, 11) is 3.03. The number of benzene rings is 1. The van der Waals surface area contributed by atoms with Gasteiger partial charge in [-0.15, -0.1) is 0 Å². The van der Waals surface area contributed by atoms with E-state index < -0.39 is 11.5 Å². The average molecular weight is 323 g/mol. The smallest absolute Gasteiger partial charge is 0.305 e. The Balaban J connectivity index is 2.27. The van der Waals surface area contributed by atoms with E-state index in [1.807, 2.05) is 6.92 Å².